The van der Waals surface area contributed by atoms with E-state index in [9.17, 15) is 13.2 Å². The second-order valence-electron chi connectivity index (χ2n) is 6.57. The lowest BCUT2D eigenvalue weighted by atomic mass is 10.2. The van der Waals surface area contributed by atoms with Gasteiger partial charge in [0.2, 0.25) is 0 Å². The molecule has 0 aliphatic carbocycles. The predicted octanol–water partition coefficient (Wildman–Crippen LogP) is 4.08. The number of rotatable bonds is 9. The molecule has 0 radical (unpaired) electrons. The highest BCUT2D eigenvalue weighted by Gasteiger charge is 2.29. The zero-order chi connectivity index (χ0) is 23.0. The summed E-state index contributed by atoms with van der Waals surface area (Å²) in [4.78, 5) is 12.7. The van der Waals surface area contributed by atoms with Gasteiger partial charge in [-0.1, -0.05) is 54.1 Å². The number of carbonyl (C=O) groups is 1. The number of sulfonamides is 1. The number of amides is 1. The number of para-hydroxylation sites is 2. The van der Waals surface area contributed by atoms with Crippen molar-refractivity contribution in [3.63, 3.8) is 0 Å². The number of anilines is 1. The van der Waals surface area contributed by atoms with Gasteiger partial charge in [-0.3, -0.25) is 9.10 Å². The van der Waals surface area contributed by atoms with E-state index >= 15 is 0 Å². The summed E-state index contributed by atoms with van der Waals surface area (Å²) in [7, 11) is -4.05. The third kappa shape index (κ3) is 5.87. The molecule has 0 aliphatic heterocycles. The maximum Gasteiger partial charge on any atom is 0.264 e. The molecular weight excluding hydrogens is 450 g/mol. The molecular formula is C23H22ClN3O4S. The number of hydrogen-bond acceptors (Lipinski definition) is 5. The summed E-state index contributed by atoms with van der Waals surface area (Å²) in [6.07, 6.45) is 1.42. The molecule has 0 bridgehead atoms. The fraction of sp³-hybridized carbons (Fsp3) is 0.130. The Bertz CT molecular complexity index is 1200. The van der Waals surface area contributed by atoms with Crippen molar-refractivity contribution in [3.8, 4) is 5.75 Å². The number of carbonyl (C=O) groups excluding carboxylic acids is 1. The summed E-state index contributed by atoms with van der Waals surface area (Å²) in [5.74, 6) is -0.265. The van der Waals surface area contributed by atoms with E-state index in [2.05, 4.69) is 10.5 Å². The summed E-state index contributed by atoms with van der Waals surface area (Å²) in [5, 5.41) is 4.44. The molecule has 1 N–H and O–H groups in total. The lowest BCUT2D eigenvalue weighted by molar-refractivity contribution is -0.119. The van der Waals surface area contributed by atoms with Gasteiger partial charge in [0, 0.05) is 5.02 Å². The third-order valence-electron chi connectivity index (χ3n) is 4.30. The maximum atomic E-state index is 13.4. The molecule has 0 saturated carbocycles. The van der Waals surface area contributed by atoms with Crippen molar-refractivity contribution in [3.05, 3.63) is 89.4 Å². The summed E-state index contributed by atoms with van der Waals surface area (Å²) in [5.41, 5.74) is 3.31. The molecule has 0 unspecified atom stereocenters. The zero-order valence-corrected chi connectivity index (χ0v) is 18.9. The van der Waals surface area contributed by atoms with E-state index in [0.717, 1.165) is 4.31 Å². The smallest absolute Gasteiger partial charge is 0.264 e. The molecule has 166 valence electrons. The van der Waals surface area contributed by atoms with Crippen molar-refractivity contribution in [2.45, 2.75) is 11.8 Å². The minimum absolute atomic E-state index is 0.0570. The molecule has 0 atom stereocenters. The van der Waals surface area contributed by atoms with E-state index in [-0.39, 0.29) is 10.6 Å². The molecule has 0 fully saturated rings. The number of nitrogens with one attached hydrogen (secondary N) is 1. The van der Waals surface area contributed by atoms with E-state index < -0.39 is 22.5 Å². The fourth-order valence-corrected chi connectivity index (χ4v) is 4.54. The van der Waals surface area contributed by atoms with Crippen LogP contribution in [0.5, 0.6) is 5.75 Å². The van der Waals surface area contributed by atoms with Gasteiger partial charge in [-0.2, -0.15) is 5.10 Å². The Kier molecular flexibility index (Phi) is 7.86. The molecule has 0 aromatic heterocycles. The van der Waals surface area contributed by atoms with E-state index in [1.165, 1.54) is 18.3 Å². The molecule has 1 amide bonds. The van der Waals surface area contributed by atoms with Gasteiger partial charge in [0.25, 0.3) is 15.9 Å². The average molecular weight is 472 g/mol. The molecule has 0 saturated heterocycles. The van der Waals surface area contributed by atoms with Crippen molar-refractivity contribution in [1.29, 1.82) is 0 Å². The maximum absolute atomic E-state index is 13.4. The van der Waals surface area contributed by atoms with Crippen LogP contribution in [0.1, 0.15) is 12.5 Å². The topological polar surface area (TPSA) is 88.1 Å². The van der Waals surface area contributed by atoms with Gasteiger partial charge in [-0.05, 0) is 48.9 Å². The Morgan fingerprint density at radius 3 is 2.50 bits per heavy atom. The summed E-state index contributed by atoms with van der Waals surface area (Å²) >= 11 is 5.94. The van der Waals surface area contributed by atoms with E-state index in [0.29, 0.717) is 22.9 Å². The first-order chi connectivity index (χ1) is 15.4. The van der Waals surface area contributed by atoms with Crippen LogP contribution in [0.3, 0.4) is 0 Å². The summed E-state index contributed by atoms with van der Waals surface area (Å²) in [6, 6.07) is 21.5. The average Bonchev–Trinajstić information content (AvgIpc) is 2.79. The van der Waals surface area contributed by atoms with Crippen LogP contribution in [0.4, 0.5) is 5.69 Å². The monoisotopic (exact) mass is 471 g/mol. The molecule has 0 heterocycles. The van der Waals surface area contributed by atoms with Crippen molar-refractivity contribution in [2.75, 3.05) is 17.5 Å². The quantitative estimate of drug-likeness (QED) is 0.376. The van der Waals surface area contributed by atoms with E-state index in [1.807, 2.05) is 0 Å². The number of benzene rings is 3. The van der Waals surface area contributed by atoms with Crippen LogP contribution in [0.2, 0.25) is 5.02 Å². The number of halogens is 1. The molecule has 3 aromatic carbocycles. The Labute approximate surface area is 192 Å². The Morgan fingerprint density at radius 1 is 1.06 bits per heavy atom. The van der Waals surface area contributed by atoms with Crippen molar-refractivity contribution in [1.82, 2.24) is 5.43 Å². The van der Waals surface area contributed by atoms with Crippen LogP contribution < -0.4 is 14.5 Å². The van der Waals surface area contributed by atoms with Gasteiger partial charge in [-0.25, -0.2) is 13.8 Å². The number of nitrogens with zero attached hydrogens (tertiary/aromatic N) is 2. The standard InChI is InChI=1S/C23H22ClN3O4S/c1-2-31-22-14-7-6-13-21(22)27(32(29,30)20-11-4-3-5-12-20)17-23(28)26-25-16-18-9-8-10-19(24)15-18/h3-16H,2,17H2,1H3,(H,26,28)/b25-16-. The van der Waals surface area contributed by atoms with Crippen LogP contribution in [0.25, 0.3) is 0 Å². The first-order valence-corrected chi connectivity index (χ1v) is 11.6. The molecule has 0 spiro atoms. The summed E-state index contributed by atoms with van der Waals surface area (Å²) in [6.45, 7) is 1.64. The highest BCUT2D eigenvalue weighted by molar-refractivity contribution is 7.92. The van der Waals surface area contributed by atoms with Gasteiger partial charge in [0.1, 0.15) is 12.3 Å². The SMILES string of the molecule is CCOc1ccccc1N(CC(=O)N/N=C\c1cccc(Cl)c1)S(=O)(=O)c1ccccc1. The first kappa shape index (κ1) is 23.3. The first-order valence-electron chi connectivity index (χ1n) is 9.79. The van der Waals surface area contributed by atoms with Crippen LogP contribution in [0, 0.1) is 0 Å². The Morgan fingerprint density at radius 2 is 1.78 bits per heavy atom. The van der Waals surface area contributed by atoms with E-state index in [4.69, 9.17) is 16.3 Å². The fourth-order valence-electron chi connectivity index (χ4n) is 2.89. The third-order valence-corrected chi connectivity index (χ3v) is 6.31. The second kappa shape index (κ2) is 10.8. The molecule has 0 aliphatic rings. The molecule has 3 aromatic rings. The van der Waals surface area contributed by atoms with Gasteiger partial charge in [0.05, 0.1) is 23.4 Å². The summed E-state index contributed by atoms with van der Waals surface area (Å²) < 4.78 is 33.4. The largest absolute Gasteiger partial charge is 0.492 e. The second-order valence-corrected chi connectivity index (χ2v) is 8.87. The highest BCUT2D eigenvalue weighted by Crippen LogP contribution is 2.32. The van der Waals surface area contributed by atoms with Gasteiger partial charge < -0.3 is 4.74 Å². The van der Waals surface area contributed by atoms with Crippen molar-refractivity contribution in [2.24, 2.45) is 5.10 Å². The zero-order valence-electron chi connectivity index (χ0n) is 17.3. The van der Waals surface area contributed by atoms with Crippen LogP contribution >= 0.6 is 11.6 Å². The van der Waals surface area contributed by atoms with Gasteiger partial charge in [0.15, 0.2) is 0 Å². The van der Waals surface area contributed by atoms with Gasteiger partial charge >= 0.3 is 0 Å². The lowest BCUT2D eigenvalue weighted by Gasteiger charge is -2.25. The highest BCUT2D eigenvalue weighted by atomic mass is 35.5. The number of hydrogen-bond donors (Lipinski definition) is 1. The van der Waals surface area contributed by atoms with Crippen LogP contribution in [-0.2, 0) is 14.8 Å². The van der Waals surface area contributed by atoms with Gasteiger partial charge in [-0.15, -0.1) is 0 Å². The molecule has 9 heteroatoms. The van der Waals surface area contributed by atoms with Crippen LogP contribution in [-0.4, -0.2) is 33.7 Å². The normalized spacial score (nSPS) is 11.3. The number of hydrazone groups is 1. The predicted molar refractivity (Wildman–Crippen MR) is 126 cm³/mol. The number of ether oxygens (including phenoxy) is 1. The molecule has 3 rings (SSSR count). The van der Waals surface area contributed by atoms with E-state index in [1.54, 1.807) is 73.7 Å². The molecule has 32 heavy (non-hydrogen) atoms. The minimum Gasteiger partial charge on any atom is -0.492 e. The minimum atomic E-state index is -4.05. The van der Waals surface area contributed by atoms with Crippen LogP contribution in [0.15, 0.2) is 88.9 Å². The Balaban J connectivity index is 1.89. The van der Waals surface area contributed by atoms with Crippen molar-refractivity contribution >= 4 is 39.4 Å². The lowest BCUT2D eigenvalue weighted by Crippen LogP contribution is -2.39. The Hall–Kier alpha value is -3.36. The molecule has 7 nitrogen and oxygen atoms in total. The van der Waals surface area contributed by atoms with Crippen molar-refractivity contribution < 1.29 is 17.9 Å².